The van der Waals surface area contributed by atoms with Crippen molar-refractivity contribution in [2.75, 3.05) is 14.2 Å². The third kappa shape index (κ3) is 4.17. The van der Waals surface area contributed by atoms with Crippen molar-refractivity contribution >= 4 is 11.9 Å². The van der Waals surface area contributed by atoms with Gasteiger partial charge in [-0.3, -0.25) is 9.59 Å². The number of nitrogens with one attached hydrogen (secondary N) is 1. The molecule has 0 bridgehead atoms. The van der Waals surface area contributed by atoms with Crippen LogP contribution in [0.2, 0.25) is 0 Å². The molecule has 0 aliphatic carbocycles. The number of carbonyl (C=O) groups excluding carboxylic acids is 1. The van der Waals surface area contributed by atoms with Gasteiger partial charge in [0.25, 0.3) is 5.91 Å². The van der Waals surface area contributed by atoms with Crippen LogP contribution >= 0.6 is 0 Å². The summed E-state index contributed by atoms with van der Waals surface area (Å²) in [6.07, 6.45) is -0.141. The molecule has 1 rings (SSSR count). The van der Waals surface area contributed by atoms with Crippen molar-refractivity contribution in [1.82, 2.24) is 5.32 Å². The molecule has 1 atom stereocenters. The molecule has 0 fully saturated rings. The van der Waals surface area contributed by atoms with Gasteiger partial charge in [0, 0.05) is 6.04 Å². The molecule has 0 saturated carbocycles. The van der Waals surface area contributed by atoms with Gasteiger partial charge in [-0.1, -0.05) is 0 Å². The number of hydrogen-bond donors (Lipinski definition) is 2. The number of amides is 1. The second-order valence-corrected chi connectivity index (χ2v) is 4.04. The summed E-state index contributed by atoms with van der Waals surface area (Å²) in [7, 11) is 2.95. The summed E-state index contributed by atoms with van der Waals surface area (Å²) in [5.74, 6) is -0.437. The fraction of sp³-hybridized carbons (Fsp3) is 0.385. The molecule has 1 unspecified atom stereocenters. The zero-order valence-corrected chi connectivity index (χ0v) is 11.1. The van der Waals surface area contributed by atoms with Crippen molar-refractivity contribution in [3.63, 3.8) is 0 Å². The lowest BCUT2D eigenvalue weighted by molar-refractivity contribution is -0.137. The first-order valence-electron chi connectivity index (χ1n) is 5.72. The topological polar surface area (TPSA) is 84.9 Å². The number of rotatable bonds is 6. The Morgan fingerprint density at radius 1 is 1.32 bits per heavy atom. The van der Waals surface area contributed by atoms with Crippen LogP contribution in [0.5, 0.6) is 11.5 Å². The second-order valence-electron chi connectivity index (χ2n) is 4.04. The van der Waals surface area contributed by atoms with Crippen LogP contribution in [0, 0.1) is 0 Å². The van der Waals surface area contributed by atoms with E-state index in [-0.39, 0.29) is 6.42 Å². The quantitative estimate of drug-likeness (QED) is 0.811. The molecule has 19 heavy (non-hydrogen) atoms. The third-order valence-electron chi connectivity index (χ3n) is 2.51. The zero-order chi connectivity index (χ0) is 14.4. The number of benzene rings is 1. The number of methoxy groups -OCH3 is 2. The predicted molar refractivity (Wildman–Crippen MR) is 68.7 cm³/mol. The summed E-state index contributed by atoms with van der Waals surface area (Å²) in [5, 5.41) is 11.3. The molecule has 1 aromatic carbocycles. The molecule has 0 saturated heterocycles. The van der Waals surface area contributed by atoms with Gasteiger partial charge < -0.3 is 19.9 Å². The summed E-state index contributed by atoms with van der Waals surface area (Å²) in [4.78, 5) is 22.6. The van der Waals surface area contributed by atoms with Crippen molar-refractivity contribution in [2.24, 2.45) is 0 Å². The molecular formula is C13H17NO5. The van der Waals surface area contributed by atoms with Crippen molar-refractivity contribution in [1.29, 1.82) is 0 Å². The van der Waals surface area contributed by atoms with Gasteiger partial charge in [0.15, 0.2) is 0 Å². The summed E-state index contributed by atoms with van der Waals surface area (Å²) < 4.78 is 10.1. The van der Waals surface area contributed by atoms with Crippen LogP contribution in [0.15, 0.2) is 18.2 Å². The SMILES string of the molecule is COc1ccc(OC)c(C(=O)NC(C)CC(=O)O)c1. The molecule has 2 N–H and O–H groups in total. The van der Waals surface area contributed by atoms with E-state index in [0.29, 0.717) is 17.1 Å². The van der Waals surface area contributed by atoms with Gasteiger partial charge >= 0.3 is 5.97 Å². The summed E-state index contributed by atoms with van der Waals surface area (Å²) in [6, 6.07) is 4.37. The average molecular weight is 267 g/mol. The van der Waals surface area contributed by atoms with Gasteiger partial charge in [-0.05, 0) is 25.1 Å². The first-order chi connectivity index (χ1) is 8.97. The smallest absolute Gasteiger partial charge is 0.305 e. The van der Waals surface area contributed by atoms with Gasteiger partial charge in [0.1, 0.15) is 11.5 Å². The lowest BCUT2D eigenvalue weighted by Crippen LogP contribution is -2.34. The standard InChI is InChI=1S/C13H17NO5/c1-8(6-12(15)16)14-13(17)10-7-9(18-2)4-5-11(10)19-3/h4-5,7-8H,6H2,1-3H3,(H,14,17)(H,15,16). The Balaban J connectivity index is 2.88. The van der Waals surface area contributed by atoms with E-state index in [1.54, 1.807) is 25.1 Å². The second kappa shape index (κ2) is 6.63. The highest BCUT2D eigenvalue weighted by Crippen LogP contribution is 2.23. The minimum Gasteiger partial charge on any atom is -0.497 e. The van der Waals surface area contributed by atoms with Crippen LogP contribution in [-0.2, 0) is 4.79 Å². The molecule has 0 radical (unpaired) electrons. The number of carboxylic acid groups (broad SMARTS) is 1. The van der Waals surface area contributed by atoms with Crippen LogP contribution in [-0.4, -0.2) is 37.2 Å². The summed E-state index contributed by atoms with van der Waals surface area (Å²) >= 11 is 0. The Bertz CT molecular complexity index is 472. The number of carboxylic acids is 1. The molecule has 0 heterocycles. The number of ether oxygens (including phenoxy) is 2. The van der Waals surface area contributed by atoms with E-state index in [4.69, 9.17) is 14.6 Å². The highest BCUT2D eigenvalue weighted by Gasteiger charge is 2.17. The van der Waals surface area contributed by atoms with Gasteiger partial charge in [0.05, 0.1) is 26.2 Å². The fourth-order valence-electron chi connectivity index (χ4n) is 1.61. The number of hydrogen-bond acceptors (Lipinski definition) is 4. The Morgan fingerprint density at radius 2 is 2.00 bits per heavy atom. The third-order valence-corrected chi connectivity index (χ3v) is 2.51. The van der Waals surface area contributed by atoms with E-state index in [2.05, 4.69) is 5.32 Å². The first kappa shape index (κ1) is 14.8. The Labute approximate surface area is 111 Å². The number of carbonyl (C=O) groups is 2. The van der Waals surface area contributed by atoms with Crippen molar-refractivity contribution in [3.8, 4) is 11.5 Å². The molecular weight excluding hydrogens is 250 g/mol. The van der Waals surface area contributed by atoms with E-state index in [0.717, 1.165) is 0 Å². The zero-order valence-electron chi connectivity index (χ0n) is 11.1. The van der Waals surface area contributed by atoms with E-state index in [9.17, 15) is 9.59 Å². The summed E-state index contributed by atoms with van der Waals surface area (Å²) in [6.45, 7) is 1.62. The van der Waals surface area contributed by atoms with E-state index < -0.39 is 17.9 Å². The normalized spacial score (nSPS) is 11.5. The fourth-order valence-corrected chi connectivity index (χ4v) is 1.61. The van der Waals surface area contributed by atoms with E-state index >= 15 is 0 Å². The Hall–Kier alpha value is -2.24. The molecule has 0 aliphatic heterocycles. The van der Waals surface area contributed by atoms with Crippen molar-refractivity contribution in [2.45, 2.75) is 19.4 Å². The average Bonchev–Trinajstić information content (AvgIpc) is 2.36. The van der Waals surface area contributed by atoms with Gasteiger partial charge in [-0.2, -0.15) is 0 Å². The Morgan fingerprint density at radius 3 is 2.53 bits per heavy atom. The molecule has 0 aromatic heterocycles. The maximum Gasteiger partial charge on any atom is 0.305 e. The van der Waals surface area contributed by atoms with Crippen LogP contribution in [0.4, 0.5) is 0 Å². The predicted octanol–water partition coefficient (Wildman–Crippen LogP) is 1.30. The maximum absolute atomic E-state index is 12.0. The van der Waals surface area contributed by atoms with Gasteiger partial charge in [0.2, 0.25) is 0 Å². The molecule has 6 heteroatoms. The highest BCUT2D eigenvalue weighted by molar-refractivity contribution is 5.97. The largest absolute Gasteiger partial charge is 0.497 e. The van der Waals surface area contributed by atoms with Gasteiger partial charge in [-0.15, -0.1) is 0 Å². The van der Waals surface area contributed by atoms with Crippen LogP contribution in [0.3, 0.4) is 0 Å². The molecule has 6 nitrogen and oxygen atoms in total. The number of aliphatic carboxylic acids is 1. The van der Waals surface area contributed by atoms with Crippen molar-refractivity contribution < 1.29 is 24.2 Å². The van der Waals surface area contributed by atoms with Crippen LogP contribution in [0.1, 0.15) is 23.7 Å². The van der Waals surface area contributed by atoms with Crippen LogP contribution in [0.25, 0.3) is 0 Å². The molecule has 1 amide bonds. The van der Waals surface area contributed by atoms with Crippen molar-refractivity contribution in [3.05, 3.63) is 23.8 Å². The molecule has 0 spiro atoms. The minimum atomic E-state index is -0.967. The van der Waals surface area contributed by atoms with E-state index in [1.165, 1.54) is 14.2 Å². The first-order valence-corrected chi connectivity index (χ1v) is 5.72. The Kier molecular flexibility index (Phi) is 5.17. The lowest BCUT2D eigenvalue weighted by Gasteiger charge is -2.14. The monoisotopic (exact) mass is 267 g/mol. The van der Waals surface area contributed by atoms with Gasteiger partial charge in [-0.25, -0.2) is 0 Å². The summed E-state index contributed by atoms with van der Waals surface area (Å²) in [5.41, 5.74) is 0.305. The molecule has 104 valence electrons. The molecule has 1 aromatic rings. The highest BCUT2D eigenvalue weighted by atomic mass is 16.5. The molecule has 0 aliphatic rings. The minimum absolute atomic E-state index is 0.141. The lowest BCUT2D eigenvalue weighted by atomic mass is 10.1. The van der Waals surface area contributed by atoms with Crippen LogP contribution < -0.4 is 14.8 Å². The van der Waals surface area contributed by atoms with E-state index in [1.807, 2.05) is 0 Å². The maximum atomic E-state index is 12.0.